The fourth-order valence-electron chi connectivity index (χ4n) is 3.64. The number of fused-ring (bicyclic) bond motifs is 1. The average Bonchev–Trinajstić information content (AvgIpc) is 2.68. The summed E-state index contributed by atoms with van der Waals surface area (Å²) in [6.07, 6.45) is 7.09. The Labute approximate surface area is 142 Å². The van der Waals surface area contributed by atoms with Gasteiger partial charge < -0.3 is 9.80 Å². The molecule has 3 heterocycles. The summed E-state index contributed by atoms with van der Waals surface area (Å²) in [7, 11) is 0. The molecular formula is C19H22N4O. The number of anilines is 2. The molecule has 5 nitrogen and oxygen atoms in total. The number of piperidine rings is 1. The van der Waals surface area contributed by atoms with E-state index in [4.69, 9.17) is 0 Å². The van der Waals surface area contributed by atoms with Crippen LogP contribution in [-0.2, 0) is 6.42 Å². The Bertz CT molecular complexity index is 740. The van der Waals surface area contributed by atoms with E-state index in [0.29, 0.717) is 5.69 Å². The molecular weight excluding hydrogens is 300 g/mol. The Kier molecular flexibility index (Phi) is 4.15. The van der Waals surface area contributed by atoms with Crippen LogP contribution in [0.2, 0.25) is 0 Å². The summed E-state index contributed by atoms with van der Waals surface area (Å²) in [6, 6.07) is 10.3. The molecule has 0 bridgehead atoms. The molecule has 0 unspecified atom stereocenters. The Morgan fingerprint density at radius 1 is 0.958 bits per heavy atom. The molecule has 124 valence electrons. The second-order valence-corrected chi connectivity index (χ2v) is 6.50. The first-order valence-corrected chi connectivity index (χ1v) is 8.80. The topological polar surface area (TPSA) is 49.3 Å². The number of aryl methyl sites for hydroxylation is 1. The summed E-state index contributed by atoms with van der Waals surface area (Å²) in [6.45, 7) is 2.60. The van der Waals surface area contributed by atoms with Crippen molar-refractivity contribution in [2.24, 2.45) is 0 Å². The molecule has 5 heteroatoms. The van der Waals surface area contributed by atoms with Crippen molar-refractivity contribution < 1.29 is 4.79 Å². The number of para-hydroxylation sites is 1. The van der Waals surface area contributed by atoms with E-state index in [0.717, 1.165) is 51.1 Å². The maximum Gasteiger partial charge on any atom is 0.272 e. The fourth-order valence-corrected chi connectivity index (χ4v) is 3.64. The SMILES string of the molecule is O=C(c1cc(N2CCCc3ccccc32)ncn1)N1CCCCC1. The van der Waals surface area contributed by atoms with Crippen molar-refractivity contribution in [1.82, 2.24) is 14.9 Å². The molecule has 4 rings (SSSR count). The second-order valence-electron chi connectivity index (χ2n) is 6.50. The van der Waals surface area contributed by atoms with Gasteiger partial charge in [0.2, 0.25) is 0 Å². The van der Waals surface area contributed by atoms with Gasteiger partial charge in [-0.15, -0.1) is 0 Å². The molecule has 2 aliphatic rings. The highest BCUT2D eigenvalue weighted by atomic mass is 16.2. The number of hydrogen-bond donors (Lipinski definition) is 0. The van der Waals surface area contributed by atoms with Gasteiger partial charge in [0.05, 0.1) is 0 Å². The zero-order chi connectivity index (χ0) is 16.4. The zero-order valence-corrected chi connectivity index (χ0v) is 13.8. The highest BCUT2D eigenvalue weighted by Crippen LogP contribution is 2.32. The van der Waals surface area contributed by atoms with Gasteiger partial charge in [-0.1, -0.05) is 18.2 Å². The van der Waals surface area contributed by atoms with Crippen molar-refractivity contribution in [1.29, 1.82) is 0 Å². The van der Waals surface area contributed by atoms with Crippen molar-refractivity contribution in [2.75, 3.05) is 24.5 Å². The van der Waals surface area contributed by atoms with Crippen molar-refractivity contribution in [3.05, 3.63) is 47.9 Å². The summed E-state index contributed by atoms with van der Waals surface area (Å²) in [5.41, 5.74) is 3.04. The molecule has 0 N–H and O–H groups in total. The van der Waals surface area contributed by atoms with Gasteiger partial charge in [0.15, 0.2) is 0 Å². The number of carbonyl (C=O) groups excluding carboxylic acids is 1. The third-order valence-corrected chi connectivity index (χ3v) is 4.90. The highest BCUT2D eigenvalue weighted by Gasteiger charge is 2.23. The number of benzene rings is 1. The van der Waals surface area contributed by atoms with E-state index >= 15 is 0 Å². The van der Waals surface area contributed by atoms with Crippen LogP contribution < -0.4 is 4.90 Å². The maximum absolute atomic E-state index is 12.7. The predicted octanol–water partition coefficient (Wildman–Crippen LogP) is 3.19. The molecule has 0 aliphatic carbocycles. The van der Waals surface area contributed by atoms with Gasteiger partial charge in [0.1, 0.15) is 17.8 Å². The molecule has 1 amide bonds. The largest absolute Gasteiger partial charge is 0.337 e. The third kappa shape index (κ3) is 2.86. The fraction of sp³-hybridized carbons (Fsp3) is 0.421. The Morgan fingerprint density at radius 2 is 1.79 bits per heavy atom. The summed E-state index contributed by atoms with van der Waals surface area (Å²) in [4.78, 5) is 25.5. The van der Waals surface area contributed by atoms with Gasteiger partial charge >= 0.3 is 0 Å². The van der Waals surface area contributed by atoms with Gasteiger partial charge in [-0.25, -0.2) is 9.97 Å². The van der Waals surface area contributed by atoms with Gasteiger partial charge in [0.25, 0.3) is 5.91 Å². The summed E-state index contributed by atoms with van der Waals surface area (Å²) in [5, 5.41) is 0. The molecule has 1 aromatic carbocycles. The van der Waals surface area contributed by atoms with Crippen LogP contribution in [0.5, 0.6) is 0 Å². The first-order valence-electron chi connectivity index (χ1n) is 8.80. The first-order chi connectivity index (χ1) is 11.8. The van der Waals surface area contributed by atoms with Crippen LogP contribution in [0.1, 0.15) is 41.7 Å². The lowest BCUT2D eigenvalue weighted by molar-refractivity contribution is 0.0718. The minimum atomic E-state index is 0.0312. The Morgan fingerprint density at radius 3 is 2.67 bits per heavy atom. The van der Waals surface area contributed by atoms with Crippen molar-refractivity contribution >= 4 is 17.4 Å². The minimum Gasteiger partial charge on any atom is -0.337 e. The first kappa shape index (κ1) is 15.1. The highest BCUT2D eigenvalue weighted by molar-refractivity contribution is 5.93. The van der Waals surface area contributed by atoms with E-state index in [1.807, 2.05) is 11.0 Å². The Hall–Kier alpha value is -2.43. The van der Waals surface area contributed by atoms with E-state index in [2.05, 4.69) is 39.1 Å². The molecule has 2 aromatic rings. The van der Waals surface area contributed by atoms with Crippen molar-refractivity contribution in [3.63, 3.8) is 0 Å². The quantitative estimate of drug-likeness (QED) is 0.852. The van der Waals surface area contributed by atoms with E-state index in [-0.39, 0.29) is 5.91 Å². The maximum atomic E-state index is 12.7. The standard InChI is InChI=1S/C19H22N4O/c24-19(22-10-4-1-5-11-22)16-13-18(21-14-20-16)23-12-6-8-15-7-2-3-9-17(15)23/h2-3,7,9,13-14H,1,4-6,8,10-12H2. The molecule has 2 aliphatic heterocycles. The van der Waals surface area contributed by atoms with Crippen LogP contribution in [-0.4, -0.2) is 40.4 Å². The molecule has 0 atom stereocenters. The third-order valence-electron chi connectivity index (χ3n) is 4.90. The lowest BCUT2D eigenvalue weighted by Gasteiger charge is -2.31. The molecule has 0 radical (unpaired) electrons. The monoisotopic (exact) mass is 322 g/mol. The smallest absolute Gasteiger partial charge is 0.272 e. The molecule has 1 aromatic heterocycles. The molecule has 24 heavy (non-hydrogen) atoms. The van der Waals surface area contributed by atoms with E-state index in [1.165, 1.54) is 24.0 Å². The number of likely N-dealkylation sites (tertiary alicyclic amines) is 1. The van der Waals surface area contributed by atoms with Gasteiger partial charge in [0, 0.05) is 31.4 Å². The van der Waals surface area contributed by atoms with Crippen LogP contribution >= 0.6 is 0 Å². The number of amides is 1. The van der Waals surface area contributed by atoms with E-state index < -0.39 is 0 Å². The predicted molar refractivity (Wildman–Crippen MR) is 93.6 cm³/mol. The van der Waals surface area contributed by atoms with Gasteiger partial charge in [-0.05, 0) is 43.7 Å². The molecule has 0 saturated carbocycles. The zero-order valence-electron chi connectivity index (χ0n) is 13.8. The minimum absolute atomic E-state index is 0.0312. The van der Waals surface area contributed by atoms with Crippen molar-refractivity contribution in [3.8, 4) is 0 Å². The summed E-state index contributed by atoms with van der Waals surface area (Å²) < 4.78 is 0. The molecule has 1 fully saturated rings. The van der Waals surface area contributed by atoms with Crippen LogP contribution in [0.4, 0.5) is 11.5 Å². The van der Waals surface area contributed by atoms with E-state index in [9.17, 15) is 4.79 Å². The lowest BCUT2D eigenvalue weighted by atomic mass is 10.0. The lowest BCUT2D eigenvalue weighted by Crippen LogP contribution is -2.36. The molecule has 0 spiro atoms. The second kappa shape index (κ2) is 6.59. The average molecular weight is 322 g/mol. The Balaban J connectivity index is 1.62. The number of rotatable bonds is 2. The number of aromatic nitrogens is 2. The number of hydrogen-bond acceptors (Lipinski definition) is 4. The van der Waals surface area contributed by atoms with Gasteiger partial charge in [-0.2, -0.15) is 0 Å². The van der Waals surface area contributed by atoms with E-state index in [1.54, 1.807) is 0 Å². The summed E-state index contributed by atoms with van der Waals surface area (Å²) >= 11 is 0. The summed E-state index contributed by atoms with van der Waals surface area (Å²) in [5.74, 6) is 0.848. The van der Waals surface area contributed by atoms with Crippen LogP contribution in [0.25, 0.3) is 0 Å². The van der Waals surface area contributed by atoms with Crippen LogP contribution in [0.3, 0.4) is 0 Å². The normalized spacial score (nSPS) is 17.5. The van der Waals surface area contributed by atoms with Crippen LogP contribution in [0, 0.1) is 0 Å². The number of nitrogens with zero attached hydrogens (tertiary/aromatic N) is 4. The van der Waals surface area contributed by atoms with Crippen molar-refractivity contribution in [2.45, 2.75) is 32.1 Å². The van der Waals surface area contributed by atoms with Gasteiger partial charge in [-0.3, -0.25) is 4.79 Å². The molecule has 1 saturated heterocycles. The van der Waals surface area contributed by atoms with Crippen LogP contribution in [0.15, 0.2) is 36.7 Å². The number of carbonyl (C=O) groups is 1.